The fraction of sp³-hybridized carbons (Fsp3) is 0. The summed E-state index contributed by atoms with van der Waals surface area (Å²) >= 11 is 0. The molecule has 0 saturated carbocycles. The summed E-state index contributed by atoms with van der Waals surface area (Å²) in [6, 6.07) is 174. The molecule has 0 spiro atoms. The molecule has 4 heteroatoms. The second-order valence-electron chi connectivity index (χ2n) is 34.1. The van der Waals surface area contributed by atoms with Crippen LogP contribution in [0.2, 0.25) is 0 Å². The summed E-state index contributed by atoms with van der Waals surface area (Å²) < 4.78 is 0. The fourth-order valence-corrected chi connectivity index (χ4v) is 20.2. The normalized spacial score (nSPS) is 11.5. The molecule has 22 aromatic carbocycles. The van der Waals surface area contributed by atoms with Gasteiger partial charge >= 0.3 is 0 Å². The molecule has 0 aliphatic carbocycles. The molecule has 4 aromatic heterocycles. The Kier molecular flexibility index (Phi) is 19.9. The topological polar surface area (TPSA) is 51.6 Å². The Hall–Kier alpha value is -17.4. The molecular weight excluding hydrogens is 1590 g/mol. The Morgan fingerprint density at radius 3 is 0.712 bits per heavy atom. The molecule has 0 aliphatic rings. The summed E-state index contributed by atoms with van der Waals surface area (Å²) in [5.41, 5.74) is 28.7. The lowest BCUT2D eigenvalue weighted by Crippen LogP contribution is -1.92. The van der Waals surface area contributed by atoms with Crippen molar-refractivity contribution in [3.05, 3.63) is 498 Å². The van der Waals surface area contributed by atoms with Crippen molar-refractivity contribution in [2.24, 2.45) is 0 Å². The zero-order valence-corrected chi connectivity index (χ0v) is 72.1. The SMILES string of the molecule is c1ccc(-c2c3ccccc3c(-c3ccc(-c4cc(-c5ccccc5)c5c(ccc6ccccc65)n4)cc3)c3ccccc23)cc1.c1ccc(-c2cc(-c3ccc(-c4c5ccccc5c(-c5ccc6ccccc6c5)c5ccccc45)cc3)nc3ccc4ccccc4c23)cc1.c1ccc(-c2cc(-c3ccc(-c4cncc5ccccc45)cc3)nc3ccc4ccccc4c23)cc1. The van der Waals surface area contributed by atoms with E-state index >= 15 is 0 Å². The zero-order valence-electron chi connectivity index (χ0n) is 72.1. The Balaban J connectivity index is 0.000000111. The summed E-state index contributed by atoms with van der Waals surface area (Å²) in [4.78, 5) is 20.1. The highest BCUT2D eigenvalue weighted by Crippen LogP contribution is 2.49. The summed E-state index contributed by atoms with van der Waals surface area (Å²) in [5, 5.41) is 25.9. The molecule has 0 atom stereocenters. The van der Waals surface area contributed by atoms with Gasteiger partial charge in [0.05, 0.1) is 33.6 Å². The Bertz CT molecular complexity index is 8850. The van der Waals surface area contributed by atoms with Gasteiger partial charge in [-0.2, -0.15) is 0 Å². The van der Waals surface area contributed by atoms with Crippen LogP contribution in [-0.4, -0.2) is 19.9 Å². The molecule has 0 bridgehead atoms. The highest BCUT2D eigenvalue weighted by Gasteiger charge is 2.23. The lowest BCUT2D eigenvalue weighted by atomic mass is 9.85. The molecule has 614 valence electrons. The van der Waals surface area contributed by atoms with E-state index in [1.54, 1.807) is 0 Å². The van der Waals surface area contributed by atoms with E-state index in [2.05, 4.69) is 490 Å². The van der Waals surface area contributed by atoms with Gasteiger partial charge in [-0.1, -0.05) is 443 Å². The standard InChI is InChI=1S/C49H31N.C45H29N.C34H22N2/c1-2-13-33(14-3-1)44-31-46(50-45-29-28-34-15-6-7-17-39(34)49(44)45)35-23-25-36(26-24-35)47-40-18-8-10-20-42(40)48(43-21-11-9-19-41(43)47)38-27-22-32-12-4-5-16-37(32)30-38;1-3-13-30(14-4-1)40-29-42(46-41-28-27-31-15-7-8-18-35(31)45(40)41)32-23-25-34(26-24-32)44-38-21-11-9-19-36(38)43(33-16-5-2-6-17-33)37-20-10-12-22-39(37)44;1-2-8-23(9-3-1)30-20-33(36-32-19-18-24-10-4-7-13-29(24)34(30)32)26-16-14-25(15-17-26)31-22-35-21-27-11-5-6-12-28(27)31/h1-31H;1-29H;1-22H. The fourth-order valence-electron chi connectivity index (χ4n) is 20.2. The van der Waals surface area contributed by atoms with E-state index in [1.807, 2.05) is 12.4 Å². The molecule has 0 amide bonds. The van der Waals surface area contributed by atoms with Gasteiger partial charge in [-0.25, -0.2) is 15.0 Å². The number of aromatic nitrogens is 4. The summed E-state index contributed by atoms with van der Waals surface area (Å²) in [6.45, 7) is 0. The van der Waals surface area contributed by atoms with Gasteiger partial charge in [-0.3, -0.25) is 4.98 Å². The van der Waals surface area contributed by atoms with E-state index < -0.39 is 0 Å². The van der Waals surface area contributed by atoms with Gasteiger partial charge in [-0.05, 0) is 217 Å². The number of nitrogens with zero attached hydrogens (tertiary/aromatic N) is 4. The Morgan fingerprint density at radius 2 is 0.364 bits per heavy atom. The molecule has 0 unspecified atom stereocenters. The molecule has 26 aromatic rings. The molecule has 0 aliphatic heterocycles. The van der Waals surface area contributed by atoms with E-state index in [1.165, 1.54) is 186 Å². The van der Waals surface area contributed by atoms with Crippen LogP contribution in [0.1, 0.15) is 0 Å². The predicted octanol–water partition coefficient (Wildman–Crippen LogP) is 34.8. The first-order valence-corrected chi connectivity index (χ1v) is 45.2. The first-order chi connectivity index (χ1) is 65.5. The van der Waals surface area contributed by atoms with Crippen LogP contribution in [0.15, 0.2) is 498 Å². The minimum atomic E-state index is 0.972. The largest absolute Gasteiger partial charge is 0.263 e. The number of fused-ring (bicyclic) bond motifs is 15. The predicted molar refractivity (Wildman–Crippen MR) is 560 cm³/mol. The lowest BCUT2D eigenvalue weighted by Gasteiger charge is -2.18. The molecule has 132 heavy (non-hydrogen) atoms. The van der Waals surface area contributed by atoms with Crippen molar-refractivity contribution in [1.29, 1.82) is 0 Å². The minimum absolute atomic E-state index is 0.972. The van der Waals surface area contributed by atoms with Crippen LogP contribution in [0.4, 0.5) is 0 Å². The van der Waals surface area contributed by atoms with Crippen LogP contribution in [0.3, 0.4) is 0 Å². The molecular formula is C128H82N4. The smallest absolute Gasteiger partial charge is 0.0722 e. The van der Waals surface area contributed by atoms with Crippen LogP contribution >= 0.6 is 0 Å². The molecule has 0 radical (unpaired) electrons. The molecule has 0 saturated heterocycles. The van der Waals surface area contributed by atoms with Crippen molar-refractivity contribution in [3.63, 3.8) is 0 Å². The van der Waals surface area contributed by atoms with Crippen LogP contribution in [0.5, 0.6) is 0 Å². The highest BCUT2D eigenvalue weighted by atomic mass is 14.7. The second-order valence-corrected chi connectivity index (χ2v) is 34.1. The van der Waals surface area contributed by atoms with Gasteiger partial charge in [-0.15, -0.1) is 0 Å². The number of hydrogen-bond acceptors (Lipinski definition) is 4. The van der Waals surface area contributed by atoms with Crippen molar-refractivity contribution in [2.45, 2.75) is 0 Å². The monoisotopic (exact) mass is 1670 g/mol. The summed E-state index contributed by atoms with van der Waals surface area (Å²) in [6.07, 6.45) is 3.87. The Labute approximate surface area is 764 Å². The van der Waals surface area contributed by atoms with E-state index in [0.29, 0.717) is 0 Å². The number of rotatable bonds is 11. The third kappa shape index (κ3) is 14.2. The van der Waals surface area contributed by atoms with Crippen LogP contribution in [-0.2, 0) is 0 Å². The number of benzene rings is 22. The van der Waals surface area contributed by atoms with Gasteiger partial charge < -0.3 is 0 Å². The molecule has 4 heterocycles. The number of hydrogen-bond donors (Lipinski definition) is 0. The minimum Gasteiger partial charge on any atom is -0.263 e. The van der Waals surface area contributed by atoms with Crippen molar-refractivity contribution in [3.8, 4) is 123 Å². The second kappa shape index (κ2) is 33.7. The van der Waals surface area contributed by atoms with Gasteiger partial charge in [0.1, 0.15) is 0 Å². The average Bonchev–Trinajstić information content (AvgIpc) is 0.816. The Morgan fingerprint density at radius 1 is 0.129 bits per heavy atom. The van der Waals surface area contributed by atoms with Crippen molar-refractivity contribution in [2.75, 3.05) is 0 Å². The van der Waals surface area contributed by atoms with Gasteiger partial charge in [0.15, 0.2) is 0 Å². The van der Waals surface area contributed by atoms with E-state index in [9.17, 15) is 0 Å². The maximum atomic E-state index is 5.25. The first-order valence-electron chi connectivity index (χ1n) is 45.2. The highest BCUT2D eigenvalue weighted by molar-refractivity contribution is 6.24. The average molecular weight is 1680 g/mol. The van der Waals surface area contributed by atoms with Crippen molar-refractivity contribution < 1.29 is 0 Å². The third-order valence-electron chi connectivity index (χ3n) is 26.4. The van der Waals surface area contributed by atoms with Gasteiger partial charge in [0.2, 0.25) is 0 Å². The summed E-state index contributed by atoms with van der Waals surface area (Å²) in [5.74, 6) is 0. The lowest BCUT2D eigenvalue weighted by molar-refractivity contribution is 1.36. The maximum absolute atomic E-state index is 5.25. The van der Waals surface area contributed by atoms with Crippen LogP contribution in [0, 0.1) is 0 Å². The summed E-state index contributed by atoms with van der Waals surface area (Å²) in [7, 11) is 0. The van der Waals surface area contributed by atoms with Gasteiger partial charge in [0.25, 0.3) is 0 Å². The van der Waals surface area contributed by atoms with Crippen LogP contribution in [0.25, 0.3) is 252 Å². The van der Waals surface area contributed by atoms with Crippen molar-refractivity contribution >= 4 is 130 Å². The molecule has 4 nitrogen and oxygen atoms in total. The quantitative estimate of drug-likeness (QED) is 0.0957. The molecule has 0 N–H and O–H groups in total. The van der Waals surface area contributed by atoms with Gasteiger partial charge in [0, 0.05) is 56.2 Å². The van der Waals surface area contributed by atoms with E-state index in [-0.39, 0.29) is 0 Å². The first kappa shape index (κ1) is 78.1. The molecule has 26 rings (SSSR count). The third-order valence-corrected chi connectivity index (χ3v) is 26.4. The van der Waals surface area contributed by atoms with E-state index in [0.717, 1.165) is 66.8 Å². The van der Waals surface area contributed by atoms with E-state index in [4.69, 9.17) is 15.0 Å². The molecule has 0 fully saturated rings. The maximum Gasteiger partial charge on any atom is 0.0722 e. The van der Waals surface area contributed by atoms with Crippen molar-refractivity contribution in [1.82, 2.24) is 19.9 Å². The number of pyridine rings is 4. The van der Waals surface area contributed by atoms with Crippen LogP contribution < -0.4 is 0 Å². The zero-order chi connectivity index (χ0) is 87.4.